The van der Waals surface area contributed by atoms with Crippen molar-refractivity contribution in [2.45, 2.75) is 45.3 Å². The van der Waals surface area contributed by atoms with Crippen LogP contribution in [0.25, 0.3) is 21.3 Å². The largest absolute Gasteiger partial charge is 0.490 e. The third-order valence-electron chi connectivity index (χ3n) is 5.62. The fourth-order valence-corrected chi connectivity index (χ4v) is 4.79. The second kappa shape index (κ2) is 10.7. The highest BCUT2D eigenvalue weighted by Gasteiger charge is 2.27. The molecule has 3 aromatic rings. The zero-order valence-corrected chi connectivity index (χ0v) is 21.3. The minimum Gasteiger partial charge on any atom is -0.490 e. The minimum atomic E-state index is -0.506. The molecule has 1 N–H and O–H groups in total. The van der Waals surface area contributed by atoms with E-state index in [0.29, 0.717) is 49.1 Å². The van der Waals surface area contributed by atoms with Crippen LogP contribution in [0, 0.1) is 5.82 Å². The summed E-state index contributed by atoms with van der Waals surface area (Å²) in [5.41, 5.74) is 0.808. The van der Waals surface area contributed by atoms with Crippen molar-refractivity contribution in [3.05, 3.63) is 35.5 Å². The van der Waals surface area contributed by atoms with Gasteiger partial charge in [0.05, 0.1) is 11.3 Å². The van der Waals surface area contributed by atoms with E-state index in [1.807, 2.05) is 32.2 Å². The third kappa shape index (κ3) is 6.18. The van der Waals surface area contributed by atoms with Crippen LogP contribution in [0.2, 0.25) is 0 Å². The van der Waals surface area contributed by atoms with Gasteiger partial charge in [-0.1, -0.05) is 0 Å². The molecule has 0 aliphatic carbocycles. The first-order valence-electron chi connectivity index (χ1n) is 11.6. The van der Waals surface area contributed by atoms with Gasteiger partial charge in [-0.15, -0.1) is 21.5 Å². The molecule has 1 aliphatic heterocycles. The highest BCUT2D eigenvalue weighted by molar-refractivity contribution is 7.17. The maximum Gasteiger partial charge on any atom is 0.410 e. The Morgan fingerprint density at radius 2 is 1.97 bits per heavy atom. The van der Waals surface area contributed by atoms with Crippen molar-refractivity contribution in [3.8, 4) is 17.0 Å². The van der Waals surface area contributed by atoms with Gasteiger partial charge in [-0.05, 0) is 57.2 Å². The van der Waals surface area contributed by atoms with Crippen molar-refractivity contribution in [1.82, 2.24) is 15.1 Å². The van der Waals surface area contributed by atoms with E-state index in [-0.39, 0.29) is 18.0 Å². The Hall–Kier alpha value is -2.98. The first-order valence-corrected chi connectivity index (χ1v) is 12.5. The number of halogens is 1. The number of benzene rings is 1. The highest BCUT2D eigenvalue weighted by Crippen LogP contribution is 2.38. The molecule has 10 heteroatoms. The predicted molar refractivity (Wildman–Crippen MR) is 135 cm³/mol. The van der Waals surface area contributed by atoms with Crippen LogP contribution in [0.3, 0.4) is 0 Å². The van der Waals surface area contributed by atoms with E-state index in [1.54, 1.807) is 29.4 Å². The number of likely N-dealkylation sites (tertiary alicyclic amines) is 1. The molecule has 1 aliphatic rings. The Labute approximate surface area is 208 Å². The first-order chi connectivity index (χ1) is 16.7. The summed E-state index contributed by atoms with van der Waals surface area (Å²) in [6, 6.07) is 6.57. The molecule has 0 radical (unpaired) electrons. The average Bonchev–Trinajstić information content (AvgIpc) is 3.30. The van der Waals surface area contributed by atoms with Crippen molar-refractivity contribution < 1.29 is 23.4 Å². The zero-order chi connectivity index (χ0) is 25.0. The molecule has 4 rings (SSSR count). The minimum absolute atomic E-state index is 0.165. The van der Waals surface area contributed by atoms with Gasteiger partial charge in [-0.3, -0.25) is 0 Å². The van der Waals surface area contributed by atoms with Crippen molar-refractivity contribution in [3.63, 3.8) is 0 Å². The summed E-state index contributed by atoms with van der Waals surface area (Å²) in [4.78, 5) is 14.1. The topological polar surface area (TPSA) is 85.8 Å². The van der Waals surface area contributed by atoms with E-state index in [1.165, 1.54) is 12.1 Å². The Balaban J connectivity index is 1.50. The number of hydrogen-bond donors (Lipinski definition) is 1. The Kier molecular flexibility index (Phi) is 7.71. The third-order valence-corrected chi connectivity index (χ3v) is 6.54. The number of nitrogens with zero attached hydrogens (tertiary/aromatic N) is 3. The summed E-state index contributed by atoms with van der Waals surface area (Å²) in [7, 11) is 1.59. The van der Waals surface area contributed by atoms with E-state index in [4.69, 9.17) is 14.2 Å². The number of fused-ring (bicyclic) bond motifs is 1. The summed E-state index contributed by atoms with van der Waals surface area (Å²) in [6.07, 6.45) is 1.29. The monoisotopic (exact) mass is 502 g/mol. The maximum atomic E-state index is 13.9. The second-order valence-corrected chi connectivity index (χ2v) is 10.3. The van der Waals surface area contributed by atoms with Crippen molar-refractivity contribution in [2.75, 3.05) is 38.7 Å². The normalized spacial score (nSPS) is 14.8. The molecule has 3 heterocycles. The van der Waals surface area contributed by atoms with Crippen LogP contribution in [0.15, 0.2) is 29.6 Å². The van der Waals surface area contributed by atoms with Crippen molar-refractivity contribution in [2.24, 2.45) is 0 Å². The van der Waals surface area contributed by atoms with E-state index in [0.717, 1.165) is 22.9 Å². The number of ether oxygens (including phenoxy) is 3. The summed E-state index contributed by atoms with van der Waals surface area (Å²) >= 11 is 1.57. The molecular weight excluding hydrogens is 471 g/mol. The average molecular weight is 503 g/mol. The van der Waals surface area contributed by atoms with Gasteiger partial charge in [0.1, 0.15) is 29.5 Å². The number of hydrogen-bond acceptors (Lipinski definition) is 8. The Bertz CT molecular complexity index is 1170. The molecule has 0 spiro atoms. The molecule has 1 saturated heterocycles. The molecule has 188 valence electrons. The standard InChI is InChI=1S/C25H31FN4O4S/c1-25(2,3)34-24(31)30-10-7-17(8-11-30)27-23-22-19(9-14-35-22)21(28-29-23)18-6-5-16(26)15-20(18)33-13-12-32-4/h5-6,9,14-15,17H,7-8,10-13H2,1-4H3,(H,27,29). The number of anilines is 1. The number of rotatable bonds is 7. The van der Waals surface area contributed by atoms with Crippen LogP contribution in [0.4, 0.5) is 15.0 Å². The van der Waals surface area contributed by atoms with E-state index in [2.05, 4.69) is 15.5 Å². The van der Waals surface area contributed by atoms with E-state index >= 15 is 0 Å². The zero-order valence-electron chi connectivity index (χ0n) is 20.5. The maximum absolute atomic E-state index is 13.9. The van der Waals surface area contributed by atoms with Gasteiger partial charge in [0.2, 0.25) is 0 Å². The summed E-state index contributed by atoms with van der Waals surface area (Å²) < 4.78 is 31.2. The number of piperidine rings is 1. The van der Waals surface area contributed by atoms with Crippen LogP contribution < -0.4 is 10.1 Å². The van der Waals surface area contributed by atoms with E-state index in [9.17, 15) is 9.18 Å². The van der Waals surface area contributed by atoms with Gasteiger partial charge in [0.25, 0.3) is 0 Å². The molecular formula is C25H31FN4O4S. The Morgan fingerprint density at radius 3 is 2.69 bits per heavy atom. The van der Waals surface area contributed by atoms with Gasteiger partial charge in [0.15, 0.2) is 5.82 Å². The lowest BCUT2D eigenvalue weighted by molar-refractivity contribution is 0.0210. The van der Waals surface area contributed by atoms with Crippen molar-refractivity contribution in [1.29, 1.82) is 0 Å². The highest BCUT2D eigenvalue weighted by atomic mass is 32.1. The van der Waals surface area contributed by atoms with Crippen LogP contribution >= 0.6 is 11.3 Å². The van der Waals surface area contributed by atoms with Gasteiger partial charge >= 0.3 is 6.09 Å². The number of aromatic nitrogens is 2. The SMILES string of the molecule is COCCOc1cc(F)ccc1-c1nnc(NC2CCN(C(=O)OC(C)(C)C)CC2)c2sccc12. The molecule has 8 nitrogen and oxygen atoms in total. The number of carbonyl (C=O) groups is 1. The fourth-order valence-electron chi connectivity index (χ4n) is 3.94. The number of thiophene rings is 1. The van der Waals surface area contributed by atoms with Crippen LogP contribution in [0.5, 0.6) is 5.75 Å². The van der Waals surface area contributed by atoms with Gasteiger partial charge in [-0.2, -0.15) is 0 Å². The summed E-state index contributed by atoms with van der Waals surface area (Å²) in [6.45, 7) is 7.53. The smallest absolute Gasteiger partial charge is 0.410 e. The molecule has 0 unspecified atom stereocenters. The molecule has 35 heavy (non-hydrogen) atoms. The number of carbonyl (C=O) groups excluding carboxylic acids is 1. The van der Waals surface area contributed by atoms with Gasteiger partial charge < -0.3 is 24.4 Å². The number of nitrogens with one attached hydrogen (secondary N) is 1. The van der Waals surface area contributed by atoms with Crippen LogP contribution in [-0.2, 0) is 9.47 Å². The van der Waals surface area contributed by atoms with Gasteiger partial charge in [0, 0.05) is 43.3 Å². The lowest BCUT2D eigenvalue weighted by atomic mass is 10.0. The summed E-state index contributed by atoms with van der Waals surface area (Å²) in [5, 5.41) is 15.4. The molecule has 0 atom stereocenters. The lowest BCUT2D eigenvalue weighted by Gasteiger charge is -2.33. The molecule has 1 amide bonds. The summed E-state index contributed by atoms with van der Waals surface area (Å²) in [5.74, 6) is 0.726. The second-order valence-electron chi connectivity index (χ2n) is 9.43. The van der Waals surface area contributed by atoms with Crippen molar-refractivity contribution >= 4 is 33.3 Å². The fraction of sp³-hybridized carbons (Fsp3) is 0.480. The number of methoxy groups -OCH3 is 1. The van der Waals surface area contributed by atoms with Crippen LogP contribution in [0.1, 0.15) is 33.6 Å². The predicted octanol–water partition coefficient (Wildman–Crippen LogP) is 5.33. The molecule has 1 fully saturated rings. The molecule has 0 saturated carbocycles. The molecule has 1 aromatic carbocycles. The lowest BCUT2D eigenvalue weighted by Crippen LogP contribution is -2.44. The Morgan fingerprint density at radius 1 is 1.20 bits per heavy atom. The van der Waals surface area contributed by atoms with E-state index < -0.39 is 5.60 Å². The molecule has 2 aromatic heterocycles. The number of amides is 1. The van der Waals surface area contributed by atoms with Gasteiger partial charge in [-0.25, -0.2) is 9.18 Å². The quantitative estimate of drug-likeness (QED) is 0.437. The molecule has 0 bridgehead atoms. The van der Waals surface area contributed by atoms with Crippen LogP contribution in [-0.4, -0.2) is 66.2 Å². The first kappa shape index (κ1) is 25.1.